The van der Waals surface area contributed by atoms with Crippen LogP contribution in [-0.2, 0) is 0 Å². The van der Waals surface area contributed by atoms with Gasteiger partial charge in [-0.2, -0.15) is 0 Å². The van der Waals surface area contributed by atoms with Crippen LogP contribution in [0, 0.1) is 0 Å². The quantitative estimate of drug-likeness (QED) is 0.169. The zero-order valence-corrected chi connectivity index (χ0v) is 39.2. The fourth-order valence-corrected chi connectivity index (χ4v) is 8.88. The van der Waals surface area contributed by atoms with Crippen LogP contribution in [0.1, 0.15) is 84.3 Å². The highest BCUT2D eigenvalue weighted by Gasteiger charge is 2.24. The van der Waals surface area contributed by atoms with Gasteiger partial charge in [-0.15, -0.1) is 0 Å². The molecule has 1 N–H and O–H groups in total. The maximum atomic E-state index is 6.76. The van der Waals surface area contributed by atoms with Gasteiger partial charge < -0.3 is 19.1 Å². The number of aromatic nitrogens is 1. The normalized spacial score (nSPS) is 16.2. The molecule has 5 heteroatoms. The molecular formula is C61H61N3O2. The van der Waals surface area contributed by atoms with Crippen molar-refractivity contribution >= 4 is 66.5 Å². The second-order valence-corrected chi connectivity index (χ2v) is 16.7. The number of allylic oxidation sites excluding steroid dienone is 5. The summed E-state index contributed by atoms with van der Waals surface area (Å²) in [6.07, 6.45) is 21.2. The van der Waals surface area contributed by atoms with Gasteiger partial charge >= 0.3 is 0 Å². The van der Waals surface area contributed by atoms with E-state index in [0.717, 1.165) is 96.0 Å². The average molecular weight is 868 g/mol. The summed E-state index contributed by atoms with van der Waals surface area (Å²) in [4.78, 5) is 6.92. The zero-order chi connectivity index (χ0) is 46.0. The lowest BCUT2D eigenvalue weighted by Crippen LogP contribution is -2.23. The molecule has 2 aliphatic rings. The third-order valence-electron chi connectivity index (χ3n) is 11.7. The molecule has 0 saturated heterocycles. The molecule has 0 spiro atoms. The number of benzene rings is 6. The molecule has 2 atom stereocenters. The lowest BCUT2D eigenvalue weighted by atomic mass is 9.84. The Morgan fingerprint density at radius 3 is 2.20 bits per heavy atom. The van der Waals surface area contributed by atoms with Gasteiger partial charge in [0.2, 0.25) is 0 Å². The lowest BCUT2D eigenvalue weighted by molar-refractivity contribution is 0.581. The smallest absolute Gasteiger partial charge is 0.145 e. The van der Waals surface area contributed by atoms with E-state index in [9.17, 15) is 0 Å². The number of nitrogens with one attached hydrogen (secondary N) is 1. The first-order valence-electron chi connectivity index (χ1n) is 23.7. The minimum atomic E-state index is 0.218. The summed E-state index contributed by atoms with van der Waals surface area (Å²) >= 11 is 0. The van der Waals surface area contributed by atoms with Crippen molar-refractivity contribution in [2.24, 2.45) is 0 Å². The van der Waals surface area contributed by atoms with Crippen molar-refractivity contribution in [3.05, 3.63) is 200 Å². The third-order valence-corrected chi connectivity index (χ3v) is 11.7. The number of hydrogen-bond acceptors (Lipinski definition) is 5. The lowest BCUT2D eigenvalue weighted by Gasteiger charge is -2.27. The zero-order valence-electron chi connectivity index (χ0n) is 39.2. The van der Waals surface area contributed by atoms with Crippen LogP contribution in [-0.4, -0.2) is 11.0 Å². The van der Waals surface area contributed by atoms with Crippen molar-refractivity contribution < 1.29 is 8.83 Å². The Bertz CT molecular complexity index is 3180. The molecule has 0 bridgehead atoms. The maximum absolute atomic E-state index is 6.76. The number of furan rings is 2. The van der Waals surface area contributed by atoms with Gasteiger partial charge in [0, 0.05) is 62.4 Å². The minimum absolute atomic E-state index is 0.218. The number of nitrogens with zero attached hydrogens (tertiary/aromatic N) is 2. The number of rotatable bonds is 6. The van der Waals surface area contributed by atoms with Gasteiger partial charge in [-0.1, -0.05) is 164 Å². The predicted octanol–water partition coefficient (Wildman–Crippen LogP) is 18.2. The van der Waals surface area contributed by atoms with E-state index < -0.39 is 0 Å². The highest BCUT2D eigenvalue weighted by molar-refractivity contribution is 6.12. The van der Waals surface area contributed by atoms with E-state index in [1.807, 2.05) is 62.7 Å². The Morgan fingerprint density at radius 1 is 0.652 bits per heavy atom. The number of para-hydroxylation sites is 2. The van der Waals surface area contributed by atoms with E-state index in [1.54, 1.807) is 0 Å². The van der Waals surface area contributed by atoms with Gasteiger partial charge in [-0.05, 0) is 102 Å². The van der Waals surface area contributed by atoms with Crippen LogP contribution in [0.5, 0.6) is 0 Å². The Hall–Kier alpha value is -7.37. The van der Waals surface area contributed by atoms with Crippen LogP contribution < -0.4 is 10.2 Å². The topological polar surface area (TPSA) is 54.4 Å². The molecule has 1 aliphatic heterocycles. The predicted molar refractivity (Wildman–Crippen MR) is 284 cm³/mol. The molecule has 66 heavy (non-hydrogen) atoms. The Kier molecular flexibility index (Phi) is 14.4. The Labute approximate surface area is 390 Å². The van der Waals surface area contributed by atoms with Gasteiger partial charge in [0.25, 0.3) is 0 Å². The minimum Gasteiger partial charge on any atom is -0.456 e. The molecule has 2 unspecified atom stereocenters. The van der Waals surface area contributed by atoms with Crippen LogP contribution in [0.4, 0.5) is 17.1 Å². The summed E-state index contributed by atoms with van der Waals surface area (Å²) in [5.41, 5.74) is 14.2. The van der Waals surface area contributed by atoms with Crippen molar-refractivity contribution in [3.8, 4) is 22.3 Å². The second-order valence-electron chi connectivity index (χ2n) is 16.7. The van der Waals surface area contributed by atoms with E-state index in [2.05, 4.69) is 178 Å². The molecule has 4 heterocycles. The van der Waals surface area contributed by atoms with Crippen molar-refractivity contribution in [1.29, 1.82) is 0 Å². The van der Waals surface area contributed by atoms with E-state index in [-0.39, 0.29) is 6.04 Å². The summed E-state index contributed by atoms with van der Waals surface area (Å²) < 4.78 is 12.9. The van der Waals surface area contributed by atoms with Crippen LogP contribution in [0.25, 0.3) is 71.7 Å². The number of pyridine rings is 1. The molecule has 1 aliphatic carbocycles. The standard InChI is InChI=1S/C53H39N3O2.2C3H8.C2H6/c1-34-12-9-10-27-56(41-29-39(32-54-33-41)38-22-25-50-45(31-38)43-18-6-8-20-49(43)57-50)48-24-23-44-46-30-37(21-26-51(46)58-53(44)52(34)48)36-15-11-16-40(28-36)55-47-19-7-5-17-42(47)35-13-3-2-4-14-35;2*1-3-2;1-2/h2-14,16-27,29-33,36,40,55H,1,15,28H2;2*3H2,1-2H3;1-2H3/b12-9-,27-10-;;;. The first-order chi connectivity index (χ1) is 32.5. The van der Waals surface area contributed by atoms with Crippen LogP contribution in [0.2, 0.25) is 0 Å². The monoisotopic (exact) mass is 867 g/mol. The molecule has 6 aromatic carbocycles. The van der Waals surface area contributed by atoms with E-state index in [4.69, 9.17) is 13.8 Å². The summed E-state index contributed by atoms with van der Waals surface area (Å²) in [6, 6.07) is 47.3. The van der Waals surface area contributed by atoms with Crippen LogP contribution in [0.15, 0.2) is 198 Å². The molecule has 9 aromatic rings. The molecule has 332 valence electrons. The largest absolute Gasteiger partial charge is 0.456 e. The van der Waals surface area contributed by atoms with Crippen molar-refractivity contribution in [3.63, 3.8) is 0 Å². The van der Waals surface area contributed by atoms with Crippen molar-refractivity contribution in [2.75, 3.05) is 10.2 Å². The highest BCUT2D eigenvalue weighted by Crippen LogP contribution is 2.44. The molecule has 11 rings (SSSR count). The Balaban J connectivity index is 0.000000696. The molecule has 0 amide bonds. The molecule has 0 saturated carbocycles. The summed E-state index contributed by atoms with van der Waals surface area (Å²) in [5.74, 6) is 0.372. The van der Waals surface area contributed by atoms with Gasteiger partial charge in [-0.3, -0.25) is 4.98 Å². The summed E-state index contributed by atoms with van der Waals surface area (Å²) in [7, 11) is 0. The maximum Gasteiger partial charge on any atom is 0.145 e. The van der Waals surface area contributed by atoms with Crippen LogP contribution >= 0.6 is 0 Å². The number of hydrogen-bond donors (Lipinski definition) is 1. The second kappa shape index (κ2) is 21.1. The molecule has 0 radical (unpaired) electrons. The van der Waals surface area contributed by atoms with E-state index in [0.29, 0.717) is 5.92 Å². The van der Waals surface area contributed by atoms with E-state index in [1.165, 1.54) is 29.5 Å². The molecule has 3 aromatic heterocycles. The molecular weight excluding hydrogens is 807 g/mol. The van der Waals surface area contributed by atoms with Crippen LogP contribution in [0.3, 0.4) is 0 Å². The molecule has 5 nitrogen and oxygen atoms in total. The summed E-state index contributed by atoms with van der Waals surface area (Å²) in [6.45, 7) is 17.0. The average Bonchev–Trinajstić information content (AvgIpc) is 3.92. The molecule has 0 fully saturated rings. The van der Waals surface area contributed by atoms with Gasteiger partial charge in [0.1, 0.15) is 22.3 Å². The van der Waals surface area contributed by atoms with Crippen molar-refractivity contribution in [1.82, 2.24) is 4.98 Å². The Morgan fingerprint density at radius 2 is 1.36 bits per heavy atom. The number of anilines is 3. The fraction of sp³-hybridized carbons (Fsp3) is 0.197. The third kappa shape index (κ3) is 9.39. The van der Waals surface area contributed by atoms with E-state index >= 15 is 0 Å². The van der Waals surface area contributed by atoms with Gasteiger partial charge in [0.15, 0.2) is 0 Å². The number of fused-ring (bicyclic) bond motifs is 8. The van der Waals surface area contributed by atoms with Crippen molar-refractivity contribution in [2.45, 2.75) is 79.2 Å². The summed E-state index contributed by atoms with van der Waals surface area (Å²) in [5, 5.41) is 8.26. The SMILES string of the molecule is C=C1/C=C\C=C/N(c2cncc(-c3ccc4oc5ccccc5c4c3)c2)c2ccc3c(oc4ccc(C5CC=CC(Nc6ccccc6-c6ccccc6)C5)cc43)c21.CC.CCC.CCC. The van der Waals surface area contributed by atoms with Gasteiger partial charge in [-0.25, -0.2) is 0 Å². The van der Waals surface area contributed by atoms with Gasteiger partial charge in [0.05, 0.1) is 17.6 Å². The highest BCUT2D eigenvalue weighted by atomic mass is 16.3. The first kappa shape index (κ1) is 45.2. The fourth-order valence-electron chi connectivity index (χ4n) is 8.88. The first-order valence-corrected chi connectivity index (χ1v) is 23.7.